The van der Waals surface area contributed by atoms with Gasteiger partial charge in [0.25, 0.3) is 0 Å². The van der Waals surface area contributed by atoms with Gasteiger partial charge >= 0.3 is 0 Å². The fourth-order valence-electron chi connectivity index (χ4n) is 10.5. The number of hydrogen-bond donors (Lipinski definition) is 1. The Morgan fingerprint density at radius 3 is 1.82 bits per heavy atom. The van der Waals surface area contributed by atoms with Crippen LogP contribution in [0, 0.1) is 0 Å². The SMILES string of the molecule is CC.CC1=C(/C=C\C(C)N(c2ccc(-c3ccccc3)cc2)c2ccc3sc4ccc5[nH]c6ccccc6c5c4c3c2)c2ccccc2C12c1ccccc1-c1ccccc12. The third-order valence-electron chi connectivity index (χ3n) is 13.1. The number of para-hydroxylation sites is 1. The van der Waals surface area contributed by atoms with E-state index in [9.17, 15) is 0 Å². The minimum Gasteiger partial charge on any atom is -0.354 e. The second kappa shape index (κ2) is 14.7. The molecular weight excluding hydrogens is 757 g/mol. The maximum Gasteiger partial charge on any atom is 0.0685 e. The molecule has 2 aliphatic rings. The monoisotopic (exact) mass is 802 g/mol. The van der Waals surface area contributed by atoms with E-state index in [4.69, 9.17) is 0 Å². The lowest BCUT2D eigenvalue weighted by molar-refractivity contribution is 0.766. The molecule has 61 heavy (non-hydrogen) atoms. The smallest absolute Gasteiger partial charge is 0.0685 e. The van der Waals surface area contributed by atoms with Crippen molar-refractivity contribution in [2.45, 2.75) is 39.2 Å². The molecule has 0 saturated carbocycles. The number of aromatic amines is 1. The van der Waals surface area contributed by atoms with Gasteiger partial charge in [-0.25, -0.2) is 0 Å². The van der Waals surface area contributed by atoms with Gasteiger partial charge in [-0.05, 0) is 118 Å². The van der Waals surface area contributed by atoms with E-state index >= 15 is 0 Å². The van der Waals surface area contributed by atoms with Crippen LogP contribution >= 0.6 is 11.3 Å². The van der Waals surface area contributed by atoms with Crippen molar-refractivity contribution < 1.29 is 0 Å². The quantitative estimate of drug-likeness (QED) is 0.177. The Kier molecular flexibility index (Phi) is 8.91. The van der Waals surface area contributed by atoms with Crippen molar-refractivity contribution in [2.75, 3.05) is 4.90 Å². The summed E-state index contributed by atoms with van der Waals surface area (Å²) in [6.07, 6.45) is 4.83. The van der Waals surface area contributed by atoms with Crippen LogP contribution in [0.1, 0.15) is 49.9 Å². The number of thiophene rings is 1. The number of nitrogens with zero attached hydrogens (tertiary/aromatic N) is 1. The molecule has 1 N–H and O–H groups in total. The van der Waals surface area contributed by atoms with E-state index in [1.807, 2.05) is 25.2 Å². The first kappa shape index (κ1) is 37.1. The standard InChI is InChI=1S/C56H40N2S.C2H6/c1-35(24-30-41-36(2)56(47-20-10-6-16-42(41)47)48-21-11-7-17-43(48)44-18-8-12-22-49(44)56)58(39-27-25-38(26-28-39)37-14-4-3-5-15-37)40-29-32-52-46(34-40)55-53(59-52)33-31-51-54(55)45-19-9-13-23-50(45)57-51;1-2/h3-35,57H,1-2H3;1-2H3/b30-24-;. The normalized spacial score (nSPS) is 14.2. The van der Waals surface area contributed by atoms with Gasteiger partial charge in [0.1, 0.15) is 0 Å². The van der Waals surface area contributed by atoms with Crippen molar-refractivity contribution in [2.24, 2.45) is 0 Å². The molecule has 2 aromatic heterocycles. The Hall–Kier alpha value is -6.94. The zero-order valence-electron chi connectivity index (χ0n) is 34.9. The summed E-state index contributed by atoms with van der Waals surface area (Å²) in [5.41, 5.74) is 17.6. The third kappa shape index (κ3) is 5.54. The molecule has 0 bridgehead atoms. The first-order chi connectivity index (χ1) is 30.1. The number of aromatic nitrogens is 1. The summed E-state index contributed by atoms with van der Waals surface area (Å²) < 4.78 is 2.61. The molecule has 3 heteroatoms. The predicted octanol–water partition coefficient (Wildman–Crippen LogP) is 16.3. The largest absolute Gasteiger partial charge is 0.354 e. The Labute approximate surface area is 361 Å². The summed E-state index contributed by atoms with van der Waals surface area (Å²) in [4.78, 5) is 6.20. The number of rotatable bonds is 6. The van der Waals surface area contributed by atoms with Gasteiger partial charge < -0.3 is 9.88 Å². The summed E-state index contributed by atoms with van der Waals surface area (Å²) in [5.74, 6) is 0. The molecule has 2 heterocycles. The van der Waals surface area contributed by atoms with Gasteiger partial charge in [0.15, 0.2) is 0 Å². The predicted molar refractivity (Wildman–Crippen MR) is 263 cm³/mol. The van der Waals surface area contributed by atoms with Crippen LogP contribution in [0.3, 0.4) is 0 Å². The van der Waals surface area contributed by atoms with Gasteiger partial charge in [0.2, 0.25) is 0 Å². The number of fused-ring (bicyclic) bond motifs is 14. The number of allylic oxidation sites excluding steroid dienone is 3. The number of benzene rings is 8. The highest BCUT2D eigenvalue weighted by Crippen LogP contribution is 2.61. The Morgan fingerprint density at radius 1 is 0.525 bits per heavy atom. The fraction of sp³-hybridized carbons (Fsp3) is 0.103. The molecule has 1 unspecified atom stereocenters. The van der Waals surface area contributed by atoms with Crippen molar-refractivity contribution in [3.8, 4) is 22.3 Å². The maximum absolute atomic E-state index is 3.69. The second-order valence-corrected chi connectivity index (χ2v) is 17.2. The first-order valence-electron chi connectivity index (χ1n) is 21.6. The van der Waals surface area contributed by atoms with Crippen LogP contribution in [0.5, 0.6) is 0 Å². The molecule has 1 atom stereocenters. The topological polar surface area (TPSA) is 19.0 Å². The molecule has 10 aromatic rings. The van der Waals surface area contributed by atoms with Crippen LogP contribution in [-0.4, -0.2) is 11.0 Å². The fourth-order valence-corrected chi connectivity index (χ4v) is 11.6. The van der Waals surface area contributed by atoms with Crippen LogP contribution in [0.15, 0.2) is 200 Å². The molecule has 0 saturated heterocycles. The van der Waals surface area contributed by atoms with E-state index in [0.717, 1.165) is 5.69 Å². The number of H-pyrrole nitrogens is 1. The Morgan fingerprint density at radius 2 is 1.10 bits per heavy atom. The molecule has 0 fully saturated rings. The van der Waals surface area contributed by atoms with E-state index in [1.165, 1.54) is 103 Å². The van der Waals surface area contributed by atoms with Crippen molar-refractivity contribution in [1.29, 1.82) is 0 Å². The lowest BCUT2D eigenvalue weighted by atomic mass is 9.70. The van der Waals surface area contributed by atoms with Crippen LogP contribution in [-0.2, 0) is 5.41 Å². The van der Waals surface area contributed by atoms with Gasteiger partial charge in [-0.15, -0.1) is 11.3 Å². The second-order valence-electron chi connectivity index (χ2n) is 16.1. The van der Waals surface area contributed by atoms with Gasteiger partial charge in [-0.1, -0.05) is 159 Å². The Bertz CT molecular complexity index is 3320. The van der Waals surface area contributed by atoms with Crippen LogP contribution in [0.4, 0.5) is 11.4 Å². The highest BCUT2D eigenvalue weighted by atomic mass is 32.1. The number of anilines is 2. The van der Waals surface area contributed by atoms with Gasteiger partial charge in [-0.2, -0.15) is 0 Å². The van der Waals surface area contributed by atoms with Gasteiger partial charge in [0.05, 0.1) is 5.41 Å². The average molecular weight is 803 g/mol. The Balaban J connectivity index is 0.00000207. The molecule has 12 rings (SSSR count). The minimum atomic E-state index is -0.321. The lowest BCUT2D eigenvalue weighted by Crippen LogP contribution is -2.26. The van der Waals surface area contributed by atoms with E-state index in [0.29, 0.717) is 0 Å². The van der Waals surface area contributed by atoms with Gasteiger partial charge in [-0.3, -0.25) is 0 Å². The summed E-state index contributed by atoms with van der Waals surface area (Å²) >= 11 is 1.88. The molecule has 2 nitrogen and oxygen atoms in total. The van der Waals surface area contributed by atoms with Crippen molar-refractivity contribution in [3.63, 3.8) is 0 Å². The molecule has 2 aliphatic carbocycles. The molecule has 0 amide bonds. The lowest BCUT2D eigenvalue weighted by Gasteiger charge is -2.31. The van der Waals surface area contributed by atoms with Crippen LogP contribution < -0.4 is 4.90 Å². The zero-order chi connectivity index (χ0) is 41.2. The highest BCUT2D eigenvalue weighted by molar-refractivity contribution is 7.26. The summed E-state index contributed by atoms with van der Waals surface area (Å²) in [7, 11) is 0. The molecule has 1 spiro atoms. The molecule has 0 aliphatic heterocycles. The molecule has 0 radical (unpaired) electrons. The van der Waals surface area contributed by atoms with Crippen molar-refractivity contribution in [1.82, 2.24) is 4.98 Å². The number of nitrogens with one attached hydrogen (secondary N) is 1. The van der Waals surface area contributed by atoms with E-state index in [1.54, 1.807) is 0 Å². The van der Waals surface area contributed by atoms with E-state index in [2.05, 4.69) is 218 Å². The van der Waals surface area contributed by atoms with Crippen molar-refractivity contribution in [3.05, 3.63) is 222 Å². The van der Waals surface area contributed by atoms with Crippen molar-refractivity contribution >= 4 is 70.3 Å². The zero-order valence-corrected chi connectivity index (χ0v) is 35.7. The molecular formula is C58H46N2S. The maximum atomic E-state index is 3.69. The van der Waals surface area contributed by atoms with E-state index < -0.39 is 0 Å². The molecule has 294 valence electrons. The summed E-state index contributed by atoms with van der Waals surface area (Å²) in [5, 5.41) is 5.20. The first-order valence-corrected chi connectivity index (χ1v) is 22.4. The van der Waals surface area contributed by atoms with Crippen LogP contribution in [0.2, 0.25) is 0 Å². The number of hydrogen-bond acceptors (Lipinski definition) is 2. The molecule has 8 aromatic carbocycles. The summed E-state index contributed by atoms with van der Waals surface area (Å²) in [6.45, 7) is 8.70. The van der Waals surface area contributed by atoms with E-state index in [-0.39, 0.29) is 11.5 Å². The minimum absolute atomic E-state index is 0.0280. The highest BCUT2D eigenvalue weighted by Gasteiger charge is 2.50. The van der Waals surface area contributed by atoms with Gasteiger partial charge in [0, 0.05) is 59.4 Å². The summed E-state index contributed by atoms with van der Waals surface area (Å²) in [6, 6.07) is 67.2. The third-order valence-corrected chi connectivity index (χ3v) is 14.2. The average Bonchev–Trinajstić information content (AvgIpc) is 4.04. The van der Waals surface area contributed by atoms with Crippen LogP contribution in [0.25, 0.3) is 69.8 Å².